The number of fused-ring (bicyclic) bond motifs is 3. The highest BCUT2D eigenvalue weighted by Gasteiger charge is 2.67. The predicted octanol–water partition coefficient (Wildman–Crippen LogP) is 2.84. The van der Waals surface area contributed by atoms with Crippen molar-refractivity contribution in [2.45, 2.75) is 76.6 Å². The van der Waals surface area contributed by atoms with Crippen molar-refractivity contribution in [3.63, 3.8) is 0 Å². The zero-order chi connectivity index (χ0) is 19.4. The standard InChI is InChI=1S/C21H34O5/c1-6-21(13-22)11-8-15-18(2)9-7-10-19(3,17(24)25-5)16(18)14(23)12-20(15,4)26-21/h6,14-16,22-23H,1,7-13H2,2-5H3/t14-,15?,16?,18-,19-,20-,21+/m0/s1. The topological polar surface area (TPSA) is 76.0 Å². The summed E-state index contributed by atoms with van der Waals surface area (Å²) in [7, 11) is 1.43. The smallest absolute Gasteiger partial charge is 0.311 e. The minimum absolute atomic E-state index is 0.102. The van der Waals surface area contributed by atoms with E-state index < -0.39 is 22.7 Å². The van der Waals surface area contributed by atoms with Crippen molar-refractivity contribution in [3.05, 3.63) is 12.7 Å². The van der Waals surface area contributed by atoms with E-state index in [2.05, 4.69) is 20.4 Å². The first kappa shape index (κ1) is 19.8. The summed E-state index contributed by atoms with van der Waals surface area (Å²) < 4.78 is 11.6. The van der Waals surface area contributed by atoms with E-state index in [0.717, 1.165) is 25.7 Å². The first-order chi connectivity index (χ1) is 12.1. The van der Waals surface area contributed by atoms with Crippen LogP contribution in [0.5, 0.6) is 0 Å². The van der Waals surface area contributed by atoms with Crippen LogP contribution in [0.3, 0.4) is 0 Å². The second kappa shape index (κ2) is 6.32. The van der Waals surface area contributed by atoms with Crippen molar-refractivity contribution in [1.82, 2.24) is 0 Å². The van der Waals surface area contributed by atoms with Crippen LogP contribution >= 0.6 is 0 Å². The number of methoxy groups -OCH3 is 1. The minimum atomic E-state index is -0.742. The molecule has 0 aromatic rings. The fraction of sp³-hybridized carbons (Fsp3) is 0.857. The number of hydrogen-bond donors (Lipinski definition) is 2. The van der Waals surface area contributed by atoms with Gasteiger partial charge in [-0.05, 0) is 50.9 Å². The van der Waals surface area contributed by atoms with Crippen LogP contribution in [0.4, 0.5) is 0 Å². The summed E-state index contributed by atoms with van der Waals surface area (Å²) in [4.78, 5) is 12.7. The van der Waals surface area contributed by atoms with Crippen LogP contribution in [0.1, 0.15) is 59.3 Å². The lowest BCUT2D eigenvalue weighted by Gasteiger charge is -2.66. The Kier molecular flexibility index (Phi) is 4.82. The largest absolute Gasteiger partial charge is 0.469 e. The number of ether oxygens (including phenoxy) is 2. The zero-order valence-corrected chi connectivity index (χ0v) is 16.6. The third kappa shape index (κ3) is 2.58. The van der Waals surface area contributed by atoms with Gasteiger partial charge in [-0.1, -0.05) is 19.4 Å². The molecule has 5 nitrogen and oxygen atoms in total. The molecule has 26 heavy (non-hydrogen) atoms. The summed E-state index contributed by atoms with van der Waals surface area (Å²) >= 11 is 0. The molecule has 148 valence electrons. The molecule has 2 saturated carbocycles. The molecule has 0 radical (unpaired) electrons. The molecule has 2 unspecified atom stereocenters. The summed E-state index contributed by atoms with van der Waals surface area (Å²) in [5.41, 5.74) is -2.18. The average Bonchev–Trinajstić information content (AvgIpc) is 2.59. The monoisotopic (exact) mass is 366 g/mol. The molecule has 7 atom stereocenters. The molecule has 1 aliphatic heterocycles. The number of aliphatic hydroxyl groups excluding tert-OH is 2. The Labute approximate surface area is 156 Å². The van der Waals surface area contributed by atoms with E-state index >= 15 is 0 Å². The molecule has 0 bridgehead atoms. The van der Waals surface area contributed by atoms with Crippen molar-refractivity contribution < 1.29 is 24.5 Å². The van der Waals surface area contributed by atoms with Gasteiger partial charge >= 0.3 is 5.97 Å². The van der Waals surface area contributed by atoms with Gasteiger partial charge in [0.15, 0.2) is 0 Å². The third-order valence-electron chi connectivity index (χ3n) is 7.92. The fourth-order valence-corrected chi connectivity index (χ4v) is 6.94. The molecule has 2 aliphatic carbocycles. The Morgan fingerprint density at radius 3 is 2.58 bits per heavy atom. The molecule has 0 aromatic heterocycles. The van der Waals surface area contributed by atoms with Gasteiger partial charge in [-0.2, -0.15) is 0 Å². The number of aliphatic hydroxyl groups is 2. The van der Waals surface area contributed by atoms with Gasteiger partial charge in [-0.25, -0.2) is 0 Å². The Hall–Kier alpha value is -0.910. The van der Waals surface area contributed by atoms with Gasteiger partial charge in [0.25, 0.3) is 0 Å². The molecular formula is C21H34O5. The Bertz CT molecular complexity index is 591. The van der Waals surface area contributed by atoms with Gasteiger partial charge in [-0.3, -0.25) is 4.79 Å². The van der Waals surface area contributed by atoms with Crippen molar-refractivity contribution in [1.29, 1.82) is 0 Å². The van der Waals surface area contributed by atoms with Crippen LogP contribution in [0, 0.1) is 22.7 Å². The third-order valence-corrected chi connectivity index (χ3v) is 7.92. The van der Waals surface area contributed by atoms with E-state index in [9.17, 15) is 15.0 Å². The van der Waals surface area contributed by atoms with E-state index in [0.29, 0.717) is 12.8 Å². The maximum absolute atomic E-state index is 12.7. The summed E-state index contributed by atoms with van der Waals surface area (Å²) in [5.74, 6) is -0.154. The molecule has 3 fully saturated rings. The van der Waals surface area contributed by atoms with Crippen molar-refractivity contribution >= 4 is 5.97 Å². The number of rotatable bonds is 3. The zero-order valence-electron chi connectivity index (χ0n) is 16.6. The van der Waals surface area contributed by atoms with Crippen LogP contribution in [-0.2, 0) is 14.3 Å². The average molecular weight is 366 g/mol. The Morgan fingerprint density at radius 1 is 1.31 bits per heavy atom. The number of esters is 1. The van der Waals surface area contributed by atoms with Crippen LogP contribution in [-0.4, -0.2) is 47.2 Å². The lowest BCUT2D eigenvalue weighted by atomic mass is 9.43. The molecular weight excluding hydrogens is 332 g/mol. The predicted molar refractivity (Wildman–Crippen MR) is 98.4 cm³/mol. The maximum Gasteiger partial charge on any atom is 0.311 e. The lowest BCUT2D eigenvalue weighted by molar-refractivity contribution is -0.286. The van der Waals surface area contributed by atoms with Crippen LogP contribution < -0.4 is 0 Å². The first-order valence-corrected chi connectivity index (χ1v) is 9.82. The minimum Gasteiger partial charge on any atom is -0.469 e. The molecule has 0 amide bonds. The summed E-state index contributed by atoms with van der Waals surface area (Å²) in [5, 5.41) is 21.1. The van der Waals surface area contributed by atoms with E-state index in [4.69, 9.17) is 9.47 Å². The van der Waals surface area contributed by atoms with E-state index in [1.54, 1.807) is 6.08 Å². The van der Waals surface area contributed by atoms with Crippen molar-refractivity contribution in [3.8, 4) is 0 Å². The number of hydrogen-bond acceptors (Lipinski definition) is 5. The van der Waals surface area contributed by atoms with Crippen molar-refractivity contribution in [2.75, 3.05) is 13.7 Å². The molecule has 1 saturated heterocycles. The van der Waals surface area contributed by atoms with Crippen molar-refractivity contribution in [2.24, 2.45) is 22.7 Å². The van der Waals surface area contributed by atoms with E-state index in [1.165, 1.54) is 7.11 Å². The van der Waals surface area contributed by atoms with Gasteiger partial charge in [0, 0.05) is 12.3 Å². The molecule has 3 rings (SSSR count). The summed E-state index contributed by atoms with van der Waals surface area (Å²) in [6, 6.07) is 0. The quantitative estimate of drug-likeness (QED) is 0.593. The van der Waals surface area contributed by atoms with Gasteiger partial charge in [-0.15, -0.1) is 6.58 Å². The molecule has 0 spiro atoms. The number of carbonyl (C=O) groups is 1. The van der Waals surface area contributed by atoms with Crippen LogP contribution in [0.15, 0.2) is 12.7 Å². The molecule has 3 aliphatic rings. The molecule has 1 heterocycles. The first-order valence-electron chi connectivity index (χ1n) is 9.82. The number of carbonyl (C=O) groups excluding carboxylic acids is 1. The second-order valence-electron chi connectivity index (χ2n) is 9.45. The highest BCUT2D eigenvalue weighted by atomic mass is 16.5. The van der Waals surface area contributed by atoms with Gasteiger partial charge in [0.2, 0.25) is 0 Å². The highest BCUT2D eigenvalue weighted by molar-refractivity contribution is 5.77. The van der Waals surface area contributed by atoms with E-state index in [1.807, 2.05) is 6.92 Å². The Balaban J connectivity index is 2.02. The highest BCUT2D eigenvalue weighted by Crippen LogP contribution is 2.65. The van der Waals surface area contributed by atoms with Crippen LogP contribution in [0.2, 0.25) is 0 Å². The van der Waals surface area contributed by atoms with E-state index in [-0.39, 0.29) is 29.8 Å². The lowest BCUT2D eigenvalue weighted by Crippen LogP contribution is -2.68. The fourth-order valence-electron chi connectivity index (χ4n) is 6.94. The Morgan fingerprint density at radius 2 is 2.00 bits per heavy atom. The maximum atomic E-state index is 12.7. The molecule has 0 aromatic carbocycles. The summed E-state index contributed by atoms with van der Waals surface area (Å²) in [6.45, 7) is 9.99. The van der Waals surface area contributed by atoms with Gasteiger partial charge < -0.3 is 19.7 Å². The summed E-state index contributed by atoms with van der Waals surface area (Å²) in [6.07, 6.45) is 5.75. The molecule has 5 heteroatoms. The second-order valence-corrected chi connectivity index (χ2v) is 9.45. The van der Waals surface area contributed by atoms with Crippen LogP contribution in [0.25, 0.3) is 0 Å². The molecule has 2 N–H and O–H groups in total. The van der Waals surface area contributed by atoms with Gasteiger partial charge in [0.1, 0.15) is 5.60 Å². The SMILES string of the molecule is C=C[C@]1(CO)CCC2[C@]3(C)CCC[C@](C)(C(=O)OC)C3[C@@H](O)C[C@]2(C)O1. The van der Waals surface area contributed by atoms with Gasteiger partial charge in [0.05, 0.1) is 30.8 Å². The normalized spacial score (nSPS) is 51.1.